The van der Waals surface area contributed by atoms with E-state index < -0.39 is 36.0 Å². The van der Waals surface area contributed by atoms with Crippen molar-refractivity contribution in [3.63, 3.8) is 0 Å². The number of ether oxygens (including phenoxy) is 1. The van der Waals surface area contributed by atoms with Gasteiger partial charge >= 0.3 is 5.97 Å². The Bertz CT molecular complexity index is 945. The van der Waals surface area contributed by atoms with Gasteiger partial charge in [0, 0.05) is 23.1 Å². The summed E-state index contributed by atoms with van der Waals surface area (Å²) in [5, 5.41) is 2.35. The average Bonchev–Trinajstić information content (AvgIpc) is 2.74. The van der Waals surface area contributed by atoms with E-state index in [0.717, 1.165) is 0 Å². The molecule has 0 aliphatic carbocycles. The Kier molecular flexibility index (Phi) is 7.15. The SMILES string of the molecule is O=C(COC(=O)C1CCN(C(=O)c2ccc(F)cc2)CC1)Nc1ccc(Br)cc1F. The number of piperidine rings is 1. The quantitative estimate of drug-likeness (QED) is 0.661. The van der Waals surface area contributed by atoms with E-state index >= 15 is 0 Å². The maximum absolute atomic E-state index is 13.7. The Morgan fingerprint density at radius 3 is 2.37 bits per heavy atom. The van der Waals surface area contributed by atoms with Crippen LogP contribution in [0.1, 0.15) is 23.2 Å². The maximum Gasteiger partial charge on any atom is 0.309 e. The van der Waals surface area contributed by atoms with Gasteiger partial charge in [-0.25, -0.2) is 8.78 Å². The largest absolute Gasteiger partial charge is 0.455 e. The summed E-state index contributed by atoms with van der Waals surface area (Å²) in [6.45, 7) is 0.182. The summed E-state index contributed by atoms with van der Waals surface area (Å²) in [7, 11) is 0. The van der Waals surface area contributed by atoms with Gasteiger partial charge in [0.2, 0.25) is 0 Å². The van der Waals surface area contributed by atoms with Crippen LogP contribution in [-0.4, -0.2) is 42.4 Å². The van der Waals surface area contributed by atoms with Crippen molar-refractivity contribution in [3.05, 3.63) is 64.1 Å². The lowest BCUT2D eigenvalue weighted by atomic mass is 9.96. The molecule has 1 aliphatic heterocycles. The maximum atomic E-state index is 13.7. The van der Waals surface area contributed by atoms with Gasteiger partial charge < -0.3 is 15.0 Å². The molecule has 1 aliphatic rings. The number of hydrogen-bond donors (Lipinski definition) is 1. The lowest BCUT2D eigenvalue weighted by Crippen LogP contribution is -2.41. The van der Waals surface area contributed by atoms with Crippen LogP contribution in [-0.2, 0) is 14.3 Å². The summed E-state index contributed by atoms with van der Waals surface area (Å²) in [6.07, 6.45) is 0.795. The lowest BCUT2D eigenvalue weighted by Gasteiger charge is -2.31. The monoisotopic (exact) mass is 480 g/mol. The number of carbonyl (C=O) groups excluding carboxylic acids is 3. The summed E-state index contributed by atoms with van der Waals surface area (Å²) in [5.41, 5.74) is 0.376. The fraction of sp³-hybridized carbons (Fsp3) is 0.286. The first kappa shape index (κ1) is 21.9. The molecule has 1 saturated heterocycles. The minimum atomic E-state index is -0.645. The molecule has 1 fully saturated rings. The van der Waals surface area contributed by atoms with Crippen molar-refractivity contribution in [2.24, 2.45) is 5.92 Å². The van der Waals surface area contributed by atoms with Gasteiger partial charge in [0.1, 0.15) is 11.6 Å². The van der Waals surface area contributed by atoms with Crippen LogP contribution in [0.25, 0.3) is 0 Å². The highest BCUT2D eigenvalue weighted by molar-refractivity contribution is 9.10. The number of halogens is 3. The van der Waals surface area contributed by atoms with E-state index in [1.807, 2.05) is 0 Å². The second-order valence-electron chi connectivity index (χ2n) is 6.85. The topological polar surface area (TPSA) is 75.7 Å². The number of anilines is 1. The molecule has 2 aromatic rings. The van der Waals surface area contributed by atoms with E-state index in [1.54, 1.807) is 11.0 Å². The number of likely N-dealkylation sites (tertiary alicyclic amines) is 1. The standard InChI is InChI=1S/C21H19BrF2N2O4/c22-15-3-6-18(17(24)11-15)25-19(27)12-30-21(29)14-7-9-26(10-8-14)20(28)13-1-4-16(23)5-2-13/h1-6,11,14H,7-10,12H2,(H,25,27). The Morgan fingerprint density at radius 1 is 1.07 bits per heavy atom. The van der Waals surface area contributed by atoms with Crippen molar-refractivity contribution >= 4 is 39.4 Å². The molecule has 0 atom stereocenters. The summed E-state index contributed by atoms with van der Waals surface area (Å²) in [4.78, 5) is 38.2. The van der Waals surface area contributed by atoms with Gasteiger partial charge in [-0.1, -0.05) is 15.9 Å². The summed E-state index contributed by atoms with van der Waals surface area (Å²) in [6, 6.07) is 9.47. The van der Waals surface area contributed by atoms with Crippen LogP contribution in [0.4, 0.5) is 14.5 Å². The zero-order valence-corrected chi connectivity index (χ0v) is 17.5. The molecule has 0 radical (unpaired) electrons. The number of hydrogen-bond acceptors (Lipinski definition) is 4. The first-order valence-corrected chi connectivity index (χ1v) is 10.1. The second-order valence-corrected chi connectivity index (χ2v) is 7.77. The van der Waals surface area contributed by atoms with Gasteiger partial charge in [-0.3, -0.25) is 14.4 Å². The van der Waals surface area contributed by atoms with Gasteiger partial charge in [0.15, 0.2) is 6.61 Å². The molecule has 0 saturated carbocycles. The van der Waals surface area contributed by atoms with Crippen LogP contribution in [0.3, 0.4) is 0 Å². The highest BCUT2D eigenvalue weighted by Crippen LogP contribution is 2.21. The first-order chi connectivity index (χ1) is 14.3. The molecule has 3 rings (SSSR count). The molecule has 1 heterocycles. The highest BCUT2D eigenvalue weighted by Gasteiger charge is 2.29. The number of amides is 2. The minimum absolute atomic E-state index is 0.00753. The number of rotatable bonds is 5. The van der Waals surface area contributed by atoms with Crippen LogP contribution in [0.5, 0.6) is 0 Å². The van der Waals surface area contributed by atoms with E-state index in [0.29, 0.717) is 36.0 Å². The number of esters is 1. The number of nitrogens with one attached hydrogen (secondary N) is 1. The van der Waals surface area contributed by atoms with Crippen LogP contribution in [0, 0.1) is 17.6 Å². The lowest BCUT2D eigenvalue weighted by molar-refractivity contribution is -0.152. The number of benzene rings is 2. The summed E-state index contributed by atoms with van der Waals surface area (Å²) >= 11 is 3.12. The zero-order chi connectivity index (χ0) is 21.7. The van der Waals surface area contributed by atoms with Crippen molar-refractivity contribution in [2.75, 3.05) is 25.0 Å². The number of nitrogens with zero attached hydrogens (tertiary/aromatic N) is 1. The van der Waals surface area contributed by atoms with Crippen molar-refractivity contribution in [2.45, 2.75) is 12.8 Å². The molecule has 0 unspecified atom stereocenters. The Balaban J connectivity index is 1.44. The Hall–Kier alpha value is -2.81. The van der Waals surface area contributed by atoms with Gasteiger partial charge in [-0.2, -0.15) is 0 Å². The van der Waals surface area contributed by atoms with Crippen molar-refractivity contribution in [1.82, 2.24) is 4.90 Å². The minimum Gasteiger partial charge on any atom is -0.455 e. The Labute approximate surface area is 180 Å². The molecule has 0 bridgehead atoms. The first-order valence-electron chi connectivity index (χ1n) is 9.30. The predicted molar refractivity (Wildman–Crippen MR) is 109 cm³/mol. The molecular formula is C21H19BrF2N2O4. The normalized spacial score (nSPS) is 14.3. The van der Waals surface area contributed by atoms with E-state index in [4.69, 9.17) is 4.74 Å². The molecule has 30 heavy (non-hydrogen) atoms. The third-order valence-electron chi connectivity index (χ3n) is 4.76. The smallest absolute Gasteiger partial charge is 0.309 e. The van der Waals surface area contributed by atoms with Gasteiger partial charge in [-0.05, 0) is 55.3 Å². The van der Waals surface area contributed by atoms with Gasteiger partial charge in [0.25, 0.3) is 11.8 Å². The van der Waals surface area contributed by atoms with Crippen molar-refractivity contribution in [1.29, 1.82) is 0 Å². The second kappa shape index (κ2) is 9.80. The molecule has 9 heteroatoms. The van der Waals surface area contributed by atoms with Crippen LogP contribution >= 0.6 is 15.9 Å². The zero-order valence-electron chi connectivity index (χ0n) is 15.9. The fourth-order valence-corrected chi connectivity index (χ4v) is 3.46. The highest BCUT2D eigenvalue weighted by atomic mass is 79.9. The average molecular weight is 481 g/mol. The number of carbonyl (C=O) groups is 3. The molecule has 1 N–H and O–H groups in total. The van der Waals surface area contributed by atoms with E-state index in [9.17, 15) is 23.2 Å². The summed E-state index contributed by atoms with van der Waals surface area (Å²) in [5.74, 6) is -2.86. The van der Waals surface area contributed by atoms with E-state index in [-0.39, 0.29) is 11.6 Å². The van der Waals surface area contributed by atoms with Crippen molar-refractivity contribution < 1.29 is 27.9 Å². The molecule has 0 spiro atoms. The molecule has 2 aromatic carbocycles. The fourth-order valence-electron chi connectivity index (χ4n) is 3.12. The van der Waals surface area contributed by atoms with E-state index in [2.05, 4.69) is 21.2 Å². The van der Waals surface area contributed by atoms with Gasteiger partial charge in [0.05, 0.1) is 11.6 Å². The molecule has 158 valence electrons. The Morgan fingerprint density at radius 2 is 1.73 bits per heavy atom. The van der Waals surface area contributed by atoms with Crippen LogP contribution in [0.2, 0.25) is 0 Å². The molecule has 2 amide bonds. The van der Waals surface area contributed by atoms with Crippen molar-refractivity contribution in [3.8, 4) is 0 Å². The third kappa shape index (κ3) is 5.63. The molecule has 6 nitrogen and oxygen atoms in total. The molecule has 0 aromatic heterocycles. The predicted octanol–water partition coefficient (Wildman–Crippen LogP) is 3.76. The third-order valence-corrected chi connectivity index (χ3v) is 5.25. The summed E-state index contributed by atoms with van der Waals surface area (Å²) < 4.78 is 32.3. The van der Waals surface area contributed by atoms with Gasteiger partial charge in [-0.15, -0.1) is 0 Å². The van der Waals surface area contributed by atoms with E-state index in [1.165, 1.54) is 36.4 Å². The van der Waals surface area contributed by atoms with Crippen LogP contribution < -0.4 is 5.32 Å². The van der Waals surface area contributed by atoms with Crippen LogP contribution in [0.15, 0.2) is 46.9 Å². The molecular weight excluding hydrogens is 462 g/mol.